The number of rotatable bonds is 5. The Kier molecular flexibility index (Phi) is 5.34. The number of piperidine rings is 1. The van der Waals surface area contributed by atoms with Crippen molar-refractivity contribution < 1.29 is 9.84 Å². The van der Waals surface area contributed by atoms with Crippen LogP contribution in [0.25, 0.3) is 0 Å². The second-order valence-electron chi connectivity index (χ2n) is 5.08. The lowest BCUT2D eigenvalue weighted by atomic mass is 10.0. The van der Waals surface area contributed by atoms with E-state index in [1.54, 1.807) is 0 Å². The summed E-state index contributed by atoms with van der Waals surface area (Å²) in [4.78, 5) is 2.70. The number of hydrogen-bond donors (Lipinski definition) is 2. The lowest BCUT2D eigenvalue weighted by molar-refractivity contribution is 0.0739. The van der Waals surface area contributed by atoms with Crippen LogP contribution in [0.2, 0.25) is 0 Å². The molecule has 0 aliphatic carbocycles. The van der Waals surface area contributed by atoms with Gasteiger partial charge in [0.1, 0.15) is 5.75 Å². The summed E-state index contributed by atoms with van der Waals surface area (Å²) in [6, 6.07) is 7.84. The first-order chi connectivity index (χ1) is 9.61. The summed E-state index contributed by atoms with van der Waals surface area (Å²) >= 11 is 5.25. The van der Waals surface area contributed by atoms with E-state index in [1.165, 1.54) is 0 Å². The fourth-order valence-corrected chi connectivity index (χ4v) is 2.93. The molecule has 4 nitrogen and oxygen atoms in total. The fraction of sp³-hybridized carbons (Fsp3) is 0.533. The van der Waals surface area contributed by atoms with Gasteiger partial charge >= 0.3 is 0 Å². The Labute approximate surface area is 125 Å². The van der Waals surface area contributed by atoms with E-state index in [0.717, 1.165) is 37.2 Å². The molecule has 2 rings (SSSR count). The number of aliphatic hydroxyl groups excluding tert-OH is 1. The van der Waals surface area contributed by atoms with Crippen molar-refractivity contribution in [3.63, 3.8) is 0 Å². The summed E-state index contributed by atoms with van der Waals surface area (Å²) in [5.41, 5.74) is 7.00. The number of ether oxygens (including phenoxy) is 1. The number of benzene rings is 1. The Balaban J connectivity index is 2.20. The molecular formula is C15H22N2O2S. The average molecular weight is 294 g/mol. The third-order valence-electron chi connectivity index (χ3n) is 3.62. The molecule has 110 valence electrons. The van der Waals surface area contributed by atoms with Crippen molar-refractivity contribution in [1.82, 2.24) is 4.90 Å². The van der Waals surface area contributed by atoms with Gasteiger partial charge in [-0.15, -0.1) is 0 Å². The maximum absolute atomic E-state index is 9.62. The van der Waals surface area contributed by atoms with E-state index in [4.69, 9.17) is 22.7 Å². The van der Waals surface area contributed by atoms with Crippen molar-refractivity contribution in [2.75, 3.05) is 19.7 Å². The molecule has 0 radical (unpaired) electrons. The highest BCUT2D eigenvalue weighted by molar-refractivity contribution is 7.80. The molecule has 5 heteroatoms. The fourth-order valence-electron chi connectivity index (χ4n) is 2.64. The van der Waals surface area contributed by atoms with Gasteiger partial charge in [-0.2, -0.15) is 0 Å². The van der Waals surface area contributed by atoms with Gasteiger partial charge in [-0.05, 0) is 37.5 Å². The van der Waals surface area contributed by atoms with Gasteiger partial charge in [0.05, 0.1) is 23.7 Å². The largest absolute Gasteiger partial charge is 0.494 e. The summed E-state index contributed by atoms with van der Waals surface area (Å²) in [6.45, 7) is 4.21. The summed E-state index contributed by atoms with van der Waals surface area (Å²) in [5, 5.41) is 9.62. The van der Waals surface area contributed by atoms with Crippen LogP contribution in [0.15, 0.2) is 24.3 Å². The van der Waals surface area contributed by atoms with E-state index in [-0.39, 0.29) is 12.1 Å². The number of nitrogens with two attached hydrogens (primary N) is 1. The Hall–Kier alpha value is -1.17. The van der Waals surface area contributed by atoms with Gasteiger partial charge in [-0.1, -0.05) is 24.4 Å². The number of likely N-dealkylation sites (tertiary alicyclic amines) is 1. The zero-order valence-electron chi connectivity index (χ0n) is 11.8. The van der Waals surface area contributed by atoms with Gasteiger partial charge in [0.25, 0.3) is 0 Å². The number of hydrogen-bond acceptors (Lipinski definition) is 4. The smallest absolute Gasteiger partial charge is 0.119 e. The lowest BCUT2D eigenvalue weighted by Crippen LogP contribution is -2.43. The zero-order valence-corrected chi connectivity index (χ0v) is 12.6. The van der Waals surface area contributed by atoms with Crippen LogP contribution in [0, 0.1) is 0 Å². The SMILES string of the molecule is CCOc1cccc(C(C(N)=S)N2CCC(O)CC2)c1. The molecule has 0 amide bonds. The quantitative estimate of drug-likeness (QED) is 0.812. The van der Waals surface area contributed by atoms with Gasteiger partial charge in [0.15, 0.2) is 0 Å². The zero-order chi connectivity index (χ0) is 14.5. The predicted molar refractivity (Wildman–Crippen MR) is 84.0 cm³/mol. The molecule has 1 heterocycles. The van der Waals surface area contributed by atoms with E-state index in [9.17, 15) is 5.11 Å². The Morgan fingerprint density at radius 2 is 2.20 bits per heavy atom. The van der Waals surface area contributed by atoms with Crippen LogP contribution >= 0.6 is 12.2 Å². The molecule has 3 N–H and O–H groups in total. The van der Waals surface area contributed by atoms with Crippen LogP contribution < -0.4 is 10.5 Å². The molecule has 0 aromatic heterocycles. The Morgan fingerprint density at radius 3 is 2.80 bits per heavy atom. The molecule has 1 aromatic carbocycles. The lowest BCUT2D eigenvalue weighted by Gasteiger charge is -2.36. The standard InChI is InChI=1S/C15H22N2O2S/c1-2-19-13-5-3-4-11(10-13)14(15(16)20)17-8-6-12(18)7-9-17/h3-5,10,12,14,18H,2,6-9H2,1H3,(H2,16,20). The monoisotopic (exact) mass is 294 g/mol. The van der Waals surface area contributed by atoms with Crippen molar-refractivity contribution in [1.29, 1.82) is 0 Å². The van der Waals surface area contributed by atoms with Crippen molar-refractivity contribution >= 4 is 17.2 Å². The molecule has 1 fully saturated rings. The first-order valence-electron chi connectivity index (χ1n) is 7.06. The van der Waals surface area contributed by atoms with Crippen LogP contribution in [-0.4, -0.2) is 40.8 Å². The van der Waals surface area contributed by atoms with Crippen LogP contribution in [0.4, 0.5) is 0 Å². The minimum Gasteiger partial charge on any atom is -0.494 e. The Bertz CT molecular complexity index is 459. The second-order valence-corrected chi connectivity index (χ2v) is 5.55. The minimum absolute atomic E-state index is 0.0853. The molecule has 20 heavy (non-hydrogen) atoms. The van der Waals surface area contributed by atoms with Crippen LogP contribution in [0.3, 0.4) is 0 Å². The highest BCUT2D eigenvalue weighted by Gasteiger charge is 2.27. The Morgan fingerprint density at radius 1 is 1.50 bits per heavy atom. The first-order valence-corrected chi connectivity index (χ1v) is 7.47. The van der Waals surface area contributed by atoms with E-state index in [1.807, 2.05) is 31.2 Å². The van der Waals surface area contributed by atoms with Crippen molar-refractivity contribution in [3.8, 4) is 5.75 Å². The molecule has 1 aliphatic heterocycles. The van der Waals surface area contributed by atoms with E-state index in [0.29, 0.717) is 11.6 Å². The number of nitrogens with zero attached hydrogens (tertiary/aromatic N) is 1. The van der Waals surface area contributed by atoms with Crippen molar-refractivity contribution in [2.45, 2.75) is 31.9 Å². The first kappa shape index (κ1) is 15.2. The van der Waals surface area contributed by atoms with Gasteiger partial charge in [-0.25, -0.2) is 0 Å². The number of thiocarbonyl (C=S) groups is 1. The van der Waals surface area contributed by atoms with Crippen molar-refractivity contribution in [2.24, 2.45) is 5.73 Å². The molecule has 1 unspecified atom stereocenters. The third kappa shape index (κ3) is 3.69. The molecule has 1 aliphatic rings. The normalized spacial score (nSPS) is 18.7. The van der Waals surface area contributed by atoms with E-state index < -0.39 is 0 Å². The van der Waals surface area contributed by atoms with Gasteiger partial charge in [0, 0.05) is 13.1 Å². The van der Waals surface area contributed by atoms with E-state index >= 15 is 0 Å². The third-order valence-corrected chi connectivity index (χ3v) is 3.84. The molecule has 0 bridgehead atoms. The number of aliphatic hydroxyl groups is 1. The molecule has 0 saturated carbocycles. The second kappa shape index (κ2) is 7.02. The molecule has 1 aromatic rings. The predicted octanol–water partition coefficient (Wildman–Crippen LogP) is 1.87. The highest BCUT2D eigenvalue weighted by atomic mass is 32.1. The summed E-state index contributed by atoms with van der Waals surface area (Å²) in [5.74, 6) is 0.836. The highest BCUT2D eigenvalue weighted by Crippen LogP contribution is 2.27. The molecule has 1 saturated heterocycles. The maximum atomic E-state index is 9.62. The van der Waals surface area contributed by atoms with Gasteiger partial charge in [0.2, 0.25) is 0 Å². The van der Waals surface area contributed by atoms with Crippen LogP contribution in [0.5, 0.6) is 5.75 Å². The molecular weight excluding hydrogens is 272 g/mol. The van der Waals surface area contributed by atoms with E-state index in [2.05, 4.69) is 4.90 Å². The molecule has 0 spiro atoms. The van der Waals surface area contributed by atoms with Crippen LogP contribution in [-0.2, 0) is 0 Å². The average Bonchev–Trinajstić information content (AvgIpc) is 2.42. The maximum Gasteiger partial charge on any atom is 0.119 e. The topological polar surface area (TPSA) is 58.7 Å². The van der Waals surface area contributed by atoms with Crippen molar-refractivity contribution in [3.05, 3.63) is 29.8 Å². The summed E-state index contributed by atoms with van der Waals surface area (Å²) in [6.07, 6.45) is 1.34. The van der Waals surface area contributed by atoms with Gasteiger partial charge in [-0.3, -0.25) is 4.90 Å². The summed E-state index contributed by atoms with van der Waals surface area (Å²) in [7, 11) is 0. The van der Waals surface area contributed by atoms with Crippen LogP contribution in [0.1, 0.15) is 31.4 Å². The molecule has 1 atom stereocenters. The summed E-state index contributed by atoms with van der Waals surface area (Å²) < 4.78 is 5.54. The van der Waals surface area contributed by atoms with Gasteiger partial charge < -0.3 is 15.6 Å². The minimum atomic E-state index is -0.201.